The summed E-state index contributed by atoms with van der Waals surface area (Å²) in [5, 5.41) is 0. The Morgan fingerprint density at radius 2 is 2.38 bits per heavy atom. The average Bonchev–Trinajstić information content (AvgIpc) is 2.48. The van der Waals surface area contributed by atoms with Crippen LogP contribution in [0.1, 0.15) is 19.4 Å². The van der Waals surface area contributed by atoms with Crippen molar-refractivity contribution in [2.75, 3.05) is 6.61 Å². The minimum Gasteiger partial charge on any atom is -0.475 e. The smallest absolute Gasteiger partial charge is 0.216 e. The molecule has 1 radical (unpaired) electrons. The van der Waals surface area contributed by atoms with Crippen LogP contribution >= 0.6 is 0 Å². The van der Waals surface area contributed by atoms with Gasteiger partial charge in [-0.15, -0.1) is 0 Å². The number of nitrogens with zero attached hydrogens (tertiary/aromatic N) is 1. The quantitative estimate of drug-likeness (QED) is 0.638. The molecule has 0 saturated carbocycles. The standard InChI is InChI=1S/C11H12NO/c1-11(2)8-13-10(12-11)9-6-4-3-5-7-9/h3-4,6-7H,8H2,1-2H3. The Morgan fingerprint density at radius 3 is 2.92 bits per heavy atom. The predicted molar refractivity (Wildman–Crippen MR) is 51.8 cm³/mol. The minimum atomic E-state index is -0.0782. The molecule has 67 valence electrons. The van der Waals surface area contributed by atoms with Crippen molar-refractivity contribution in [3.8, 4) is 0 Å². The molecule has 1 aliphatic rings. The lowest BCUT2D eigenvalue weighted by molar-refractivity contribution is 0.279. The zero-order chi connectivity index (χ0) is 9.31. The van der Waals surface area contributed by atoms with E-state index in [1.165, 1.54) is 0 Å². The first kappa shape index (κ1) is 8.30. The Labute approximate surface area is 78.3 Å². The molecule has 0 saturated heterocycles. The van der Waals surface area contributed by atoms with Gasteiger partial charge in [0.25, 0.3) is 0 Å². The van der Waals surface area contributed by atoms with Crippen LogP contribution in [-0.2, 0) is 4.74 Å². The summed E-state index contributed by atoms with van der Waals surface area (Å²) in [6.07, 6.45) is 0. The molecule has 0 atom stereocenters. The first-order valence-corrected chi connectivity index (χ1v) is 4.36. The highest BCUT2D eigenvalue weighted by Gasteiger charge is 2.26. The van der Waals surface area contributed by atoms with Gasteiger partial charge in [-0.1, -0.05) is 12.1 Å². The van der Waals surface area contributed by atoms with E-state index in [4.69, 9.17) is 4.74 Å². The maximum atomic E-state index is 5.48. The number of ether oxygens (including phenoxy) is 1. The van der Waals surface area contributed by atoms with Crippen LogP contribution in [0.4, 0.5) is 0 Å². The molecule has 0 aliphatic carbocycles. The lowest BCUT2D eigenvalue weighted by Crippen LogP contribution is -2.17. The van der Waals surface area contributed by atoms with Crippen LogP contribution in [0.25, 0.3) is 0 Å². The summed E-state index contributed by atoms with van der Waals surface area (Å²) in [5.41, 5.74) is 0.929. The van der Waals surface area contributed by atoms with Gasteiger partial charge < -0.3 is 4.74 Å². The molecule has 2 nitrogen and oxygen atoms in total. The molecular weight excluding hydrogens is 162 g/mol. The maximum absolute atomic E-state index is 5.48. The highest BCUT2D eigenvalue weighted by atomic mass is 16.5. The van der Waals surface area contributed by atoms with Crippen LogP contribution in [-0.4, -0.2) is 18.0 Å². The van der Waals surface area contributed by atoms with Gasteiger partial charge in [0.15, 0.2) is 0 Å². The summed E-state index contributed by atoms with van der Waals surface area (Å²) in [4.78, 5) is 4.47. The fourth-order valence-corrected chi connectivity index (χ4v) is 1.26. The highest BCUT2D eigenvalue weighted by Crippen LogP contribution is 2.20. The van der Waals surface area contributed by atoms with Crippen LogP contribution in [0.2, 0.25) is 0 Å². The van der Waals surface area contributed by atoms with E-state index >= 15 is 0 Å². The van der Waals surface area contributed by atoms with E-state index in [2.05, 4.69) is 24.9 Å². The molecule has 0 amide bonds. The largest absolute Gasteiger partial charge is 0.475 e. The molecule has 1 aromatic carbocycles. The number of hydrogen-bond acceptors (Lipinski definition) is 2. The van der Waals surface area contributed by atoms with Crippen molar-refractivity contribution in [2.45, 2.75) is 19.4 Å². The van der Waals surface area contributed by atoms with Gasteiger partial charge in [0, 0.05) is 5.56 Å². The topological polar surface area (TPSA) is 21.6 Å². The van der Waals surface area contributed by atoms with Crippen molar-refractivity contribution in [1.29, 1.82) is 0 Å². The summed E-state index contributed by atoms with van der Waals surface area (Å²) in [5.74, 6) is 0.738. The Hall–Kier alpha value is -1.31. The van der Waals surface area contributed by atoms with Crippen molar-refractivity contribution in [2.24, 2.45) is 4.99 Å². The monoisotopic (exact) mass is 174 g/mol. The van der Waals surface area contributed by atoms with E-state index in [1.807, 2.05) is 24.3 Å². The predicted octanol–water partition coefficient (Wildman–Crippen LogP) is 2.04. The van der Waals surface area contributed by atoms with Crippen LogP contribution in [0, 0.1) is 6.07 Å². The zero-order valence-corrected chi connectivity index (χ0v) is 7.87. The van der Waals surface area contributed by atoms with E-state index in [-0.39, 0.29) is 5.54 Å². The van der Waals surface area contributed by atoms with Crippen LogP contribution in [0.5, 0.6) is 0 Å². The van der Waals surface area contributed by atoms with E-state index in [1.54, 1.807) is 0 Å². The van der Waals surface area contributed by atoms with Crippen molar-refractivity contribution in [3.05, 3.63) is 35.9 Å². The van der Waals surface area contributed by atoms with Gasteiger partial charge in [0.2, 0.25) is 5.90 Å². The third-order valence-corrected chi connectivity index (χ3v) is 1.92. The summed E-state index contributed by atoms with van der Waals surface area (Å²) in [7, 11) is 0. The van der Waals surface area contributed by atoms with Crippen molar-refractivity contribution < 1.29 is 4.74 Å². The lowest BCUT2D eigenvalue weighted by Gasteiger charge is -2.07. The first-order valence-electron chi connectivity index (χ1n) is 4.36. The van der Waals surface area contributed by atoms with Gasteiger partial charge in [-0.2, -0.15) is 0 Å². The van der Waals surface area contributed by atoms with E-state index in [0.29, 0.717) is 6.61 Å². The fraction of sp³-hybridized carbons (Fsp3) is 0.364. The van der Waals surface area contributed by atoms with Gasteiger partial charge in [-0.25, -0.2) is 4.99 Å². The van der Waals surface area contributed by atoms with Gasteiger partial charge in [-0.3, -0.25) is 0 Å². The molecule has 13 heavy (non-hydrogen) atoms. The molecule has 1 aliphatic heterocycles. The molecule has 2 heteroatoms. The second kappa shape index (κ2) is 2.87. The van der Waals surface area contributed by atoms with Gasteiger partial charge >= 0.3 is 0 Å². The van der Waals surface area contributed by atoms with Gasteiger partial charge in [0.1, 0.15) is 6.61 Å². The fourth-order valence-electron chi connectivity index (χ4n) is 1.26. The van der Waals surface area contributed by atoms with Crippen LogP contribution in [0.3, 0.4) is 0 Å². The maximum Gasteiger partial charge on any atom is 0.216 e. The van der Waals surface area contributed by atoms with Crippen molar-refractivity contribution >= 4 is 5.90 Å². The summed E-state index contributed by atoms with van der Waals surface area (Å²) in [6.45, 7) is 4.79. The molecule has 0 N–H and O–H groups in total. The SMILES string of the molecule is CC1(C)COC(c2c[c]ccc2)=N1. The molecule has 0 unspecified atom stereocenters. The van der Waals surface area contributed by atoms with Crippen molar-refractivity contribution in [3.63, 3.8) is 0 Å². The molecule has 0 aromatic heterocycles. The highest BCUT2D eigenvalue weighted by molar-refractivity contribution is 5.95. The molecule has 1 aromatic rings. The first-order chi connectivity index (χ1) is 6.17. The van der Waals surface area contributed by atoms with E-state index < -0.39 is 0 Å². The lowest BCUT2D eigenvalue weighted by atomic mass is 10.1. The zero-order valence-electron chi connectivity index (χ0n) is 7.87. The molecule has 0 bridgehead atoms. The number of hydrogen-bond donors (Lipinski definition) is 0. The van der Waals surface area contributed by atoms with Gasteiger partial charge in [-0.05, 0) is 32.0 Å². The number of aliphatic imine (C=N–C) groups is 1. The summed E-state index contributed by atoms with van der Waals surface area (Å²) in [6, 6.07) is 10.7. The van der Waals surface area contributed by atoms with E-state index in [9.17, 15) is 0 Å². The Bertz CT molecular complexity index is 327. The Balaban J connectivity index is 2.30. The molecule has 0 spiro atoms. The summed E-state index contributed by atoms with van der Waals surface area (Å²) >= 11 is 0. The van der Waals surface area contributed by atoms with Crippen molar-refractivity contribution in [1.82, 2.24) is 0 Å². The minimum absolute atomic E-state index is 0.0782. The molecule has 2 rings (SSSR count). The van der Waals surface area contributed by atoms with Crippen LogP contribution < -0.4 is 0 Å². The second-order valence-corrected chi connectivity index (χ2v) is 3.81. The number of benzene rings is 1. The average molecular weight is 174 g/mol. The summed E-state index contributed by atoms with van der Waals surface area (Å²) < 4.78 is 5.48. The Kier molecular flexibility index (Phi) is 1.83. The normalized spacial score (nSPS) is 19.4. The molecule has 1 heterocycles. The van der Waals surface area contributed by atoms with Crippen LogP contribution in [0.15, 0.2) is 29.3 Å². The van der Waals surface area contributed by atoms with E-state index in [0.717, 1.165) is 11.5 Å². The second-order valence-electron chi connectivity index (χ2n) is 3.81. The third kappa shape index (κ3) is 1.72. The Morgan fingerprint density at radius 1 is 1.54 bits per heavy atom. The molecule has 0 fully saturated rings. The molecular formula is C11H12NO. The third-order valence-electron chi connectivity index (χ3n) is 1.92. The van der Waals surface area contributed by atoms with Gasteiger partial charge in [0.05, 0.1) is 5.54 Å². The number of rotatable bonds is 1.